The van der Waals surface area contributed by atoms with Crippen molar-refractivity contribution in [2.75, 3.05) is 30.4 Å². The molecule has 1 N–H and O–H groups in total. The minimum absolute atomic E-state index is 0.130. The van der Waals surface area contributed by atoms with Crippen LogP contribution in [0.1, 0.15) is 49.4 Å². The predicted molar refractivity (Wildman–Crippen MR) is 126 cm³/mol. The maximum atomic E-state index is 14.7. The summed E-state index contributed by atoms with van der Waals surface area (Å²) in [5.74, 6) is -1.81. The molecular formula is C25H28F3N7O. The third-order valence-electron chi connectivity index (χ3n) is 7.89. The average molecular weight is 500 g/mol. The van der Waals surface area contributed by atoms with E-state index in [-0.39, 0.29) is 11.6 Å². The van der Waals surface area contributed by atoms with Crippen LogP contribution in [0.2, 0.25) is 0 Å². The Bertz CT molecular complexity index is 1250. The first-order chi connectivity index (χ1) is 17.5. The Morgan fingerprint density at radius 2 is 1.83 bits per heavy atom. The highest BCUT2D eigenvalue weighted by Crippen LogP contribution is 2.41. The molecule has 2 fully saturated rings. The Morgan fingerprint density at radius 1 is 1.03 bits per heavy atom. The molecular weight excluding hydrogens is 471 g/mol. The van der Waals surface area contributed by atoms with Gasteiger partial charge in [0.05, 0.1) is 19.0 Å². The standard InChI is InChI=1S/C25H28F3N7O/c1-36-20-10-16(11-29-32-20)34-12-14-5-6-15(13-34)23(14)30-25-31-24-18(4-2-3-9-35(24)33-25)17-7-8-19(26)22(28)21(17)27/h7-8,10-11,14-15,18,23H,2-6,9,12-13H2,1H3,(H,30,33)/t14-,15-,18?/m1/s1. The number of hydrogen-bond donors (Lipinski definition) is 1. The Kier molecular flexibility index (Phi) is 5.93. The Labute approximate surface area is 206 Å². The number of aryl methyl sites for hydroxylation is 1. The van der Waals surface area contributed by atoms with Gasteiger partial charge in [-0.25, -0.2) is 17.9 Å². The minimum Gasteiger partial charge on any atom is -0.480 e. The van der Waals surface area contributed by atoms with Gasteiger partial charge in [-0.2, -0.15) is 10.1 Å². The minimum atomic E-state index is -1.44. The van der Waals surface area contributed by atoms with Crippen LogP contribution in [0.3, 0.4) is 0 Å². The lowest BCUT2D eigenvalue weighted by Gasteiger charge is -2.39. The summed E-state index contributed by atoms with van der Waals surface area (Å²) in [6, 6.07) is 4.45. The molecule has 2 aliphatic heterocycles. The number of methoxy groups -OCH3 is 1. The van der Waals surface area contributed by atoms with E-state index in [0.29, 0.717) is 42.5 Å². The van der Waals surface area contributed by atoms with E-state index in [1.807, 2.05) is 6.07 Å². The number of anilines is 2. The molecule has 1 saturated heterocycles. The van der Waals surface area contributed by atoms with Crippen LogP contribution in [0.5, 0.6) is 5.88 Å². The maximum absolute atomic E-state index is 14.7. The summed E-state index contributed by atoms with van der Waals surface area (Å²) >= 11 is 0. The number of ether oxygens (including phenoxy) is 1. The van der Waals surface area contributed by atoms with Gasteiger partial charge in [-0.05, 0) is 43.6 Å². The van der Waals surface area contributed by atoms with Gasteiger partial charge >= 0.3 is 0 Å². The molecule has 4 heterocycles. The van der Waals surface area contributed by atoms with Crippen LogP contribution in [-0.4, -0.2) is 51.2 Å². The van der Waals surface area contributed by atoms with Crippen LogP contribution in [0, 0.1) is 29.3 Å². The van der Waals surface area contributed by atoms with Crippen LogP contribution in [0.15, 0.2) is 24.4 Å². The molecule has 1 aliphatic carbocycles. The lowest BCUT2D eigenvalue weighted by molar-refractivity contribution is 0.372. The van der Waals surface area contributed by atoms with Gasteiger partial charge in [0, 0.05) is 43.2 Å². The second kappa shape index (κ2) is 9.25. The lowest BCUT2D eigenvalue weighted by Crippen LogP contribution is -2.48. The van der Waals surface area contributed by atoms with Gasteiger partial charge in [0.1, 0.15) is 5.82 Å². The molecule has 3 atom stereocenters. The van der Waals surface area contributed by atoms with Crippen LogP contribution in [-0.2, 0) is 6.54 Å². The fourth-order valence-corrected chi connectivity index (χ4v) is 6.11. The van der Waals surface area contributed by atoms with Crippen molar-refractivity contribution in [3.8, 4) is 5.88 Å². The first-order valence-corrected chi connectivity index (χ1v) is 12.5. The molecule has 190 valence electrons. The monoisotopic (exact) mass is 499 g/mol. The Morgan fingerprint density at radius 3 is 2.61 bits per heavy atom. The highest BCUT2D eigenvalue weighted by Gasteiger charge is 2.43. The van der Waals surface area contributed by atoms with Crippen molar-refractivity contribution >= 4 is 11.6 Å². The number of nitrogens with zero attached hydrogens (tertiary/aromatic N) is 6. The van der Waals surface area contributed by atoms with Crippen molar-refractivity contribution in [2.45, 2.75) is 50.6 Å². The molecule has 3 aliphatic rings. The SMILES string of the molecule is COc1cc(N2C[C@H]3CC[C@H](C2)C3Nc2nc3n(n2)CCCCC3c2ccc(F)c(F)c2F)cnn1. The van der Waals surface area contributed by atoms with Crippen LogP contribution in [0.4, 0.5) is 24.8 Å². The van der Waals surface area contributed by atoms with Crippen molar-refractivity contribution in [3.05, 3.63) is 53.2 Å². The van der Waals surface area contributed by atoms with Gasteiger partial charge in [-0.15, -0.1) is 10.2 Å². The van der Waals surface area contributed by atoms with E-state index in [4.69, 9.17) is 14.8 Å². The number of aromatic nitrogens is 5. The molecule has 6 rings (SSSR count). The third kappa shape index (κ3) is 4.04. The largest absolute Gasteiger partial charge is 0.480 e. The summed E-state index contributed by atoms with van der Waals surface area (Å²) in [5, 5.41) is 16.3. The van der Waals surface area contributed by atoms with Crippen molar-refractivity contribution in [2.24, 2.45) is 11.8 Å². The summed E-state index contributed by atoms with van der Waals surface area (Å²) in [4.78, 5) is 7.09. The van der Waals surface area contributed by atoms with Gasteiger partial charge in [0.15, 0.2) is 17.5 Å². The molecule has 36 heavy (non-hydrogen) atoms. The molecule has 0 amide bonds. The van der Waals surface area contributed by atoms with Gasteiger partial charge in [-0.3, -0.25) is 0 Å². The number of fused-ring (bicyclic) bond motifs is 3. The van der Waals surface area contributed by atoms with Crippen LogP contribution >= 0.6 is 0 Å². The quantitative estimate of drug-likeness (QED) is 0.529. The highest BCUT2D eigenvalue weighted by atomic mass is 19.2. The van der Waals surface area contributed by atoms with Crippen molar-refractivity contribution < 1.29 is 17.9 Å². The van der Waals surface area contributed by atoms with E-state index < -0.39 is 23.4 Å². The molecule has 2 bridgehead atoms. The van der Waals surface area contributed by atoms with E-state index in [1.54, 1.807) is 18.0 Å². The van der Waals surface area contributed by atoms with Gasteiger partial charge in [0.2, 0.25) is 11.8 Å². The van der Waals surface area contributed by atoms with E-state index in [1.165, 1.54) is 6.07 Å². The molecule has 1 saturated carbocycles. The summed E-state index contributed by atoms with van der Waals surface area (Å²) in [5.41, 5.74) is 1.13. The predicted octanol–water partition coefficient (Wildman–Crippen LogP) is 4.14. The zero-order valence-electron chi connectivity index (χ0n) is 20.0. The third-order valence-corrected chi connectivity index (χ3v) is 7.89. The molecule has 3 aromatic rings. The molecule has 0 spiro atoms. The van der Waals surface area contributed by atoms with Crippen molar-refractivity contribution in [3.63, 3.8) is 0 Å². The second-order valence-electron chi connectivity index (χ2n) is 9.96. The van der Waals surface area contributed by atoms with E-state index in [2.05, 4.69) is 20.4 Å². The number of hydrogen-bond acceptors (Lipinski definition) is 7. The summed E-state index contributed by atoms with van der Waals surface area (Å²) in [6.07, 6.45) is 6.27. The summed E-state index contributed by atoms with van der Waals surface area (Å²) < 4.78 is 49.3. The first-order valence-electron chi connectivity index (χ1n) is 12.5. The second-order valence-corrected chi connectivity index (χ2v) is 9.96. The molecule has 11 heteroatoms. The zero-order chi connectivity index (χ0) is 24.8. The van der Waals surface area contributed by atoms with Crippen molar-refractivity contribution in [1.82, 2.24) is 25.0 Å². The topological polar surface area (TPSA) is 81.0 Å². The summed E-state index contributed by atoms with van der Waals surface area (Å²) in [7, 11) is 1.58. The molecule has 2 aromatic heterocycles. The van der Waals surface area contributed by atoms with E-state index >= 15 is 0 Å². The number of benzene rings is 1. The Balaban J connectivity index is 1.23. The number of rotatable bonds is 5. The molecule has 0 radical (unpaired) electrons. The molecule has 1 unspecified atom stereocenters. The highest BCUT2D eigenvalue weighted by molar-refractivity contribution is 5.48. The number of piperidine rings is 1. The smallest absolute Gasteiger partial charge is 0.242 e. The zero-order valence-corrected chi connectivity index (χ0v) is 20.0. The number of halogens is 3. The van der Waals surface area contributed by atoms with Gasteiger partial charge in [0.25, 0.3) is 0 Å². The average Bonchev–Trinajstić information content (AvgIpc) is 3.30. The van der Waals surface area contributed by atoms with E-state index in [9.17, 15) is 13.2 Å². The molecule has 8 nitrogen and oxygen atoms in total. The molecule has 1 aromatic carbocycles. The van der Waals surface area contributed by atoms with Crippen LogP contribution < -0.4 is 15.0 Å². The lowest BCUT2D eigenvalue weighted by atomic mass is 9.92. The normalized spacial score (nSPS) is 25.4. The maximum Gasteiger partial charge on any atom is 0.242 e. The fraction of sp³-hybridized carbons (Fsp3) is 0.520. The van der Waals surface area contributed by atoms with E-state index in [0.717, 1.165) is 50.5 Å². The first kappa shape index (κ1) is 23.1. The fourth-order valence-electron chi connectivity index (χ4n) is 6.11. The Hall–Kier alpha value is -3.37. The van der Waals surface area contributed by atoms with Crippen molar-refractivity contribution in [1.29, 1.82) is 0 Å². The van der Waals surface area contributed by atoms with Gasteiger partial charge < -0.3 is 15.0 Å². The number of nitrogens with one attached hydrogen (secondary N) is 1. The summed E-state index contributed by atoms with van der Waals surface area (Å²) in [6.45, 7) is 2.41. The van der Waals surface area contributed by atoms with Gasteiger partial charge in [-0.1, -0.05) is 12.5 Å². The van der Waals surface area contributed by atoms with Crippen LogP contribution in [0.25, 0.3) is 0 Å².